The van der Waals surface area contributed by atoms with Gasteiger partial charge in [0.2, 0.25) is 0 Å². The van der Waals surface area contributed by atoms with Crippen molar-refractivity contribution in [3.63, 3.8) is 0 Å². The van der Waals surface area contributed by atoms with Crippen LogP contribution in [-0.2, 0) is 26.3 Å². The van der Waals surface area contributed by atoms with Gasteiger partial charge >= 0.3 is 21.7 Å². The number of alkyl halides is 3. The van der Waals surface area contributed by atoms with Gasteiger partial charge in [0, 0.05) is 26.8 Å². The van der Waals surface area contributed by atoms with Gasteiger partial charge in [0.1, 0.15) is 29.6 Å². The molecule has 0 spiro atoms. The minimum atomic E-state index is -5.78. The highest BCUT2D eigenvalue weighted by molar-refractivity contribution is 7.88. The van der Waals surface area contributed by atoms with Crippen molar-refractivity contribution >= 4 is 35.1 Å². The quantitative estimate of drug-likeness (QED) is 0.0699. The minimum absolute atomic E-state index is 0.220. The van der Waals surface area contributed by atoms with E-state index in [2.05, 4.69) is 33.8 Å². The Morgan fingerprint density at radius 2 is 1.63 bits per heavy atom. The van der Waals surface area contributed by atoms with E-state index in [9.17, 15) is 26.4 Å². The monoisotopic (exact) mass is 719 g/mol. The molecule has 1 saturated heterocycles. The van der Waals surface area contributed by atoms with Gasteiger partial charge in [0.15, 0.2) is 0 Å². The van der Waals surface area contributed by atoms with E-state index in [-0.39, 0.29) is 18.9 Å². The van der Waals surface area contributed by atoms with Crippen molar-refractivity contribution in [3.05, 3.63) is 60.8 Å². The number of ether oxygens (including phenoxy) is 2. The first-order valence-corrected chi connectivity index (χ1v) is 20.9. The van der Waals surface area contributed by atoms with Crippen LogP contribution in [0, 0.1) is 0 Å². The normalized spacial score (nSPS) is 15.9. The number of fused-ring (bicyclic) bond motifs is 1. The van der Waals surface area contributed by atoms with E-state index in [1.54, 1.807) is 41.7 Å². The van der Waals surface area contributed by atoms with Crippen LogP contribution in [0.3, 0.4) is 0 Å². The Morgan fingerprint density at radius 1 is 0.959 bits per heavy atom. The molecule has 264 valence electrons. The van der Waals surface area contributed by atoms with E-state index < -0.39 is 35.1 Å². The molecule has 0 aliphatic carbocycles. The van der Waals surface area contributed by atoms with Crippen LogP contribution in [-0.4, -0.2) is 71.3 Å². The number of carbonyl (C=O) groups excluding carboxylic acids is 1. The highest BCUT2D eigenvalue weighted by Gasteiger charge is 2.48. The smallest absolute Gasteiger partial charge is 0.444 e. The number of aromatic nitrogens is 4. The fraction of sp³-hybridized carbons (Fsp3) is 0.455. The number of likely N-dealkylation sites (tertiary alicyclic amines) is 1. The van der Waals surface area contributed by atoms with Crippen LogP contribution < -0.4 is 4.18 Å². The molecule has 0 unspecified atom stereocenters. The lowest BCUT2D eigenvalue weighted by Crippen LogP contribution is -2.37. The third kappa shape index (κ3) is 8.77. The number of rotatable bonds is 10. The molecule has 2 aromatic heterocycles. The first-order chi connectivity index (χ1) is 22.8. The molecule has 1 fully saturated rings. The molecule has 1 aliphatic rings. The van der Waals surface area contributed by atoms with Gasteiger partial charge in [-0.3, -0.25) is 14.9 Å². The number of benzene rings is 2. The Hall–Kier alpha value is -4.02. The van der Waals surface area contributed by atoms with Gasteiger partial charge in [0.05, 0.1) is 36.0 Å². The summed E-state index contributed by atoms with van der Waals surface area (Å²) in [6.45, 7) is 13.7. The average molecular weight is 720 g/mol. The lowest BCUT2D eigenvalue weighted by molar-refractivity contribution is -0.0500. The summed E-state index contributed by atoms with van der Waals surface area (Å²) in [7, 11) is -7.12. The second-order valence-corrected chi connectivity index (χ2v) is 21.3. The van der Waals surface area contributed by atoms with Crippen LogP contribution >= 0.6 is 0 Å². The van der Waals surface area contributed by atoms with E-state index in [1.165, 1.54) is 12.1 Å². The minimum Gasteiger partial charge on any atom is -0.444 e. The predicted molar refractivity (Wildman–Crippen MR) is 181 cm³/mol. The standard InChI is InChI=1S/C33H40F3N5O6SSi/c1-32(2,3)46-31(42)40-13-7-8-28(40)30-39-20-29(41(30)21-45-14-15-49(4,5)6)27-19-37-26(18-38-27)24-10-9-23-17-25(12-11-22(23)16-24)47-48(43,44)33(34,35)36/h9-12,16-20,28H,7-8,13-15,21H2,1-6H3/t28-/m0/s1. The molecule has 16 heteroatoms. The maximum absolute atomic E-state index is 13.1. The summed E-state index contributed by atoms with van der Waals surface area (Å²) in [6.07, 6.45) is 6.09. The van der Waals surface area contributed by atoms with Gasteiger partial charge in [-0.1, -0.05) is 37.8 Å². The largest absolute Gasteiger partial charge is 0.534 e. The highest BCUT2D eigenvalue weighted by Crippen LogP contribution is 2.35. The Morgan fingerprint density at radius 3 is 2.29 bits per heavy atom. The number of hydrogen-bond donors (Lipinski definition) is 0. The van der Waals surface area contributed by atoms with Crippen LogP contribution in [0.15, 0.2) is 55.0 Å². The topological polar surface area (TPSA) is 126 Å². The van der Waals surface area contributed by atoms with E-state index in [0.717, 1.165) is 25.0 Å². The molecular weight excluding hydrogens is 680 g/mol. The van der Waals surface area contributed by atoms with Crippen molar-refractivity contribution in [1.29, 1.82) is 0 Å². The van der Waals surface area contributed by atoms with E-state index >= 15 is 0 Å². The second kappa shape index (κ2) is 13.7. The number of imidazole rings is 1. The third-order valence-electron chi connectivity index (χ3n) is 7.79. The summed E-state index contributed by atoms with van der Waals surface area (Å²) in [5.74, 6) is 0.229. The average Bonchev–Trinajstić information content (AvgIpc) is 3.64. The molecule has 11 nitrogen and oxygen atoms in total. The summed E-state index contributed by atoms with van der Waals surface area (Å²) in [4.78, 5) is 28.9. The molecule has 1 atom stereocenters. The van der Waals surface area contributed by atoms with E-state index in [4.69, 9.17) is 14.5 Å². The Kier molecular flexibility index (Phi) is 10.1. The van der Waals surface area contributed by atoms with Gasteiger partial charge < -0.3 is 18.2 Å². The van der Waals surface area contributed by atoms with E-state index in [0.29, 0.717) is 52.4 Å². The Labute approximate surface area is 284 Å². The Bertz CT molecular complexity index is 1920. The molecule has 1 amide bonds. The number of halogens is 3. The van der Waals surface area contributed by atoms with Gasteiger partial charge in [-0.15, -0.1) is 0 Å². The van der Waals surface area contributed by atoms with Crippen molar-refractivity contribution in [2.45, 2.75) is 83.2 Å². The first kappa shape index (κ1) is 36.3. The summed E-state index contributed by atoms with van der Waals surface area (Å²) in [6, 6.07) is 9.63. The molecule has 0 saturated carbocycles. The zero-order valence-electron chi connectivity index (χ0n) is 28.2. The van der Waals surface area contributed by atoms with E-state index in [1.807, 2.05) is 25.3 Å². The molecule has 5 rings (SSSR count). The maximum atomic E-state index is 13.1. The van der Waals surface area contributed by atoms with Crippen LogP contribution in [0.25, 0.3) is 33.4 Å². The molecular formula is C33H40F3N5O6SSi. The van der Waals surface area contributed by atoms with Crippen LogP contribution in [0.1, 0.15) is 45.5 Å². The van der Waals surface area contributed by atoms with Gasteiger partial charge in [-0.2, -0.15) is 21.6 Å². The summed E-state index contributed by atoms with van der Waals surface area (Å²) < 4.78 is 79.1. The summed E-state index contributed by atoms with van der Waals surface area (Å²) in [5, 5.41) is 1.10. The fourth-order valence-corrected chi connectivity index (χ4v) is 6.53. The second-order valence-electron chi connectivity index (χ2n) is 14.1. The molecule has 2 aromatic carbocycles. The number of amides is 1. The van der Waals surface area contributed by atoms with Crippen molar-refractivity contribution in [3.8, 4) is 28.4 Å². The van der Waals surface area contributed by atoms with Crippen LogP contribution in [0.5, 0.6) is 5.75 Å². The lowest BCUT2D eigenvalue weighted by Gasteiger charge is -2.29. The lowest BCUT2D eigenvalue weighted by atomic mass is 10.0. The number of carbonyl (C=O) groups is 1. The molecule has 0 bridgehead atoms. The predicted octanol–water partition coefficient (Wildman–Crippen LogP) is 7.77. The van der Waals surface area contributed by atoms with Crippen molar-refractivity contribution in [2.24, 2.45) is 0 Å². The highest BCUT2D eigenvalue weighted by atomic mass is 32.2. The van der Waals surface area contributed by atoms with Crippen LogP contribution in [0.4, 0.5) is 18.0 Å². The molecule has 4 aromatic rings. The Balaban J connectivity index is 1.41. The third-order valence-corrected chi connectivity index (χ3v) is 10.5. The van der Waals surface area contributed by atoms with Gasteiger partial charge in [0.25, 0.3) is 0 Å². The van der Waals surface area contributed by atoms with Crippen molar-refractivity contribution < 1.29 is 40.0 Å². The number of nitrogens with zero attached hydrogens (tertiary/aromatic N) is 5. The van der Waals surface area contributed by atoms with Crippen molar-refractivity contribution in [2.75, 3.05) is 13.2 Å². The maximum Gasteiger partial charge on any atom is 0.534 e. The zero-order valence-corrected chi connectivity index (χ0v) is 30.1. The molecule has 3 heterocycles. The zero-order chi connectivity index (χ0) is 35.8. The van der Waals surface area contributed by atoms with Gasteiger partial charge in [-0.05, 0) is 68.6 Å². The van der Waals surface area contributed by atoms with Crippen LogP contribution in [0.2, 0.25) is 25.7 Å². The molecule has 0 N–H and O–H groups in total. The number of hydrogen-bond acceptors (Lipinski definition) is 9. The van der Waals surface area contributed by atoms with Crippen molar-refractivity contribution in [1.82, 2.24) is 24.4 Å². The SMILES string of the molecule is CC(C)(C)OC(=O)N1CCC[C@H]1c1ncc(-c2cnc(-c3ccc4cc(OS(=O)(=O)C(F)(F)F)ccc4c3)cn2)n1COCC[Si](C)(C)C. The molecule has 0 radical (unpaired) electrons. The fourth-order valence-electron chi connectivity index (χ4n) is 5.32. The summed E-state index contributed by atoms with van der Waals surface area (Å²) >= 11 is 0. The molecule has 49 heavy (non-hydrogen) atoms. The summed E-state index contributed by atoms with van der Waals surface area (Å²) in [5.41, 5.74) is -3.72. The van der Waals surface area contributed by atoms with Gasteiger partial charge in [-0.25, -0.2) is 9.78 Å². The molecule has 1 aliphatic heterocycles. The first-order valence-electron chi connectivity index (χ1n) is 15.8.